The smallest absolute Gasteiger partial charge is 0.267 e. The minimum atomic E-state index is -0.960. The van der Waals surface area contributed by atoms with Gasteiger partial charge in [0.15, 0.2) is 0 Å². The van der Waals surface area contributed by atoms with Crippen molar-refractivity contribution in [1.29, 1.82) is 0 Å². The van der Waals surface area contributed by atoms with Gasteiger partial charge < -0.3 is 0 Å². The number of non-ortho nitro benzene ring substituents is 1. The van der Waals surface area contributed by atoms with E-state index in [-0.39, 0.29) is 5.69 Å². The topological polar surface area (TPSA) is 159 Å². The Morgan fingerprint density at radius 3 is 1.38 bits per heavy atom. The van der Waals surface area contributed by atoms with Gasteiger partial charge in [-0.05, 0) is 12.1 Å². The summed E-state index contributed by atoms with van der Waals surface area (Å²) in [5, 5.41) is 33.9. The maximum absolute atomic E-state index is 11.2. The van der Waals surface area contributed by atoms with Crippen molar-refractivity contribution in [3.05, 3.63) is 109 Å². The molecule has 0 aliphatic rings. The number of benzene rings is 3. The van der Waals surface area contributed by atoms with E-state index in [9.17, 15) is 30.3 Å². The number of hydrazine groups is 1. The van der Waals surface area contributed by atoms with E-state index in [1.54, 1.807) is 18.2 Å². The summed E-state index contributed by atoms with van der Waals surface area (Å²) in [6.07, 6.45) is 0. The van der Waals surface area contributed by atoms with E-state index in [4.69, 9.17) is 5.84 Å². The summed E-state index contributed by atoms with van der Waals surface area (Å²) in [7, 11) is 0. The van der Waals surface area contributed by atoms with Gasteiger partial charge in [0.2, 0.25) is 5.69 Å². The molecule has 0 saturated carbocycles. The predicted molar refractivity (Wildman–Crippen MR) is 106 cm³/mol. The summed E-state index contributed by atoms with van der Waals surface area (Å²) >= 11 is 0. The number of nitro benzene ring substituents is 3. The molecule has 0 atom stereocenters. The maximum Gasteiger partial charge on any atom is 0.308 e. The Morgan fingerprint density at radius 1 is 0.655 bits per heavy atom. The summed E-state index contributed by atoms with van der Waals surface area (Å²) in [6, 6.07) is 21.0. The third-order valence-corrected chi connectivity index (χ3v) is 3.60. The molecule has 0 amide bonds. The number of hydrogen-bond acceptors (Lipinski definition) is 8. The molecule has 0 fully saturated rings. The molecule has 11 heteroatoms. The molecule has 0 saturated heterocycles. The van der Waals surface area contributed by atoms with Gasteiger partial charge in [0.05, 0.1) is 32.6 Å². The average molecular weight is 397 g/mol. The van der Waals surface area contributed by atoms with Gasteiger partial charge >= 0.3 is 11.4 Å². The summed E-state index contributed by atoms with van der Waals surface area (Å²) in [6.45, 7) is 0. The van der Waals surface area contributed by atoms with Crippen LogP contribution in [0.2, 0.25) is 0 Å². The Hall–Kier alpha value is -4.38. The van der Waals surface area contributed by atoms with Crippen LogP contribution in [-0.2, 0) is 0 Å². The fourth-order valence-electron chi connectivity index (χ4n) is 2.32. The summed E-state index contributed by atoms with van der Waals surface area (Å²) in [5.41, 5.74) is -2.74. The Bertz CT molecular complexity index is 952. The van der Waals surface area contributed by atoms with Crippen molar-refractivity contribution < 1.29 is 14.8 Å². The van der Waals surface area contributed by atoms with Crippen LogP contribution in [0.4, 0.5) is 28.4 Å². The molecule has 0 radical (unpaired) electrons. The van der Waals surface area contributed by atoms with Crippen LogP contribution in [0.15, 0.2) is 78.9 Å². The first-order valence-electron chi connectivity index (χ1n) is 8.04. The predicted octanol–water partition coefficient (Wildman–Crippen LogP) is 4.11. The molecular weight excluding hydrogens is 382 g/mol. The lowest BCUT2D eigenvalue weighted by atomic mass is 10.2. The average Bonchev–Trinajstić information content (AvgIpc) is 2.74. The SMILES string of the molecule is NN(c1ccccc1)c1c([N+](=O)[O-])cc([N+](=O)[O-])cc1[N+](=O)[O-].c1ccccc1. The van der Waals surface area contributed by atoms with Crippen molar-refractivity contribution in [3.8, 4) is 0 Å². The highest BCUT2D eigenvalue weighted by atomic mass is 16.6. The van der Waals surface area contributed by atoms with Gasteiger partial charge in [0.25, 0.3) is 5.69 Å². The molecule has 11 nitrogen and oxygen atoms in total. The van der Waals surface area contributed by atoms with Gasteiger partial charge in [-0.2, -0.15) is 0 Å². The minimum absolute atomic E-state index is 0.243. The molecule has 3 rings (SSSR count). The fraction of sp³-hybridized carbons (Fsp3) is 0. The van der Waals surface area contributed by atoms with Gasteiger partial charge in [0, 0.05) is 0 Å². The number of para-hydroxylation sites is 1. The van der Waals surface area contributed by atoms with Crippen molar-refractivity contribution in [1.82, 2.24) is 0 Å². The first kappa shape index (κ1) is 20.9. The van der Waals surface area contributed by atoms with Crippen LogP contribution in [0.5, 0.6) is 0 Å². The lowest BCUT2D eigenvalue weighted by Gasteiger charge is -2.18. The van der Waals surface area contributed by atoms with Crippen molar-refractivity contribution in [2.24, 2.45) is 5.84 Å². The summed E-state index contributed by atoms with van der Waals surface area (Å²) in [5.74, 6) is 5.77. The molecule has 29 heavy (non-hydrogen) atoms. The van der Waals surface area contributed by atoms with Gasteiger partial charge in [0.1, 0.15) is 0 Å². The number of anilines is 2. The number of nitrogens with zero attached hydrogens (tertiary/aromatic N) is 4. The lowest BCUT2D eigenvalue weighted by molar-refractivity contribution is -0.402. The van der Waals surface area contributed by atoms with Gasteiger partial charge in [-0.1, -0.05) is 54.6 Å². The highest BCUT2D eigenvalue weighted by Crippen LogP contribution is 2.42. The minimum Gasteiger partial charge on any atom is -0.267 e. The molecular formula is C18H15N5O6. The highest BCUT2D eigenvalue weighted by molar-refractivity contribution is 5.82. The van der Waals surface area contributed by atoms with E-state index in [0.717, 1.165) is 5.01 Å². The van der Waals surface area contributed by atoms with E-state index in [2.05, 4.69) is 0 Å². The van der Waals surface area contributed by atoms with Crippen molar-refractivity contribution in [3.63, 3.8) is 0 Å². The molecule has 148 valence electrons. The molecule has 2 N–H and O–H groups in total. The van der Waals surface area contributed by atoms with Crippen LogP contribution in [0.3, 0.4) is 0 Å². The molecule has 0 bridgehead atoms. The monoisotopic (exact) mass is 397 g/mol. The quantitative estimate of drug-likeness (QED) is 0.382. The maximum atomic E-state index is 11.2. The molecule has 0 unspecified atom stereocenters. The molecule has 0 spiro atoms. The van der Waals surface area contributed by atoms with Crippen molar-refractivity contribution in [2.75, 3.05) is 5.01 Å². The first-order chi connectivity index (χ1) is 13.8. The van der Waals surface area contributed by atoms with Gasteiger partial charge in [-0.15, -0.1) is 0 Å². The Balaban J connectivity index is 0.000000426. The first-order valence-corrected chi connectivity index (χ1v) is 8.04. The number of hydrogen-bond donors (Lipinski definition) is 1. The normalized spacial score (nSPS) is 9.69. The zero-order chi connectivity index (χ0) is 21.4. The highest BCUT2D eigenvalue weighted by Gasteiger charge is 2.33. The zero-order valence-electron chi connectivity index (χ0n) is 14.8. The van der Waals surface area contributed by atoms with Gasteiger partial charge in [-0.25, -0.2) is 5.84 Å². The second-order valence-electron chi connectivity index (χ2n) is 5.46. The van der Waals surface area contributed by atoms with E-state index >= 15 is 0 Å². The molecule has 0 heterocycles. The number of nitrogens with two attached hydrogens (primary N) is 1. The second-order valence-corrected chi connectivity index (χ2v) is 5.46. The second kappa shape index (κ2) is 9.53. The van der Waals surface area contributed by atoms with E-state index in [1.807, 2.05) is 36.4 Å². The van der Waals surface area contributed by atoms with Crippen LogP contribution in [0.1, 0.15) is 0 Å². The summed E-state index contributed by atoms with van der Waals surface area (Å²) < 4.78 is 0. The largest absolute Gasteiger partial charge is 0.308 e. The van der Waals surface area contributed by atoms with Crippen LogP contribution in [0.25, 0.3) is 0 Å². The number of nitro groups is 3. The third-order valence-electron chi connectivity index (χ3n) is 3.60. The van der Waals surface area contributed by atoms with Crippen LogP contribution < -0.4 is 10.9 Å². The lowest BCUT2D eigenvalue weighted by Crippen LogP contribution is -2.26. The molecule has 0 aliphatic carbocycles. The fourth-order valence-corrected chi connectivity index (χ4v) is 2.32. The van der Waals surface area contributed by atoms with Crippen LogP contribution >= 0.6 is 0 Å². The Labute approximate surface area is 164 Å². The Kier molecular flexibility index (Phi) is 6.87. The summed E-state index contributed by atoms with van der Waals surface area (Å²) in [4.78, 5) is 30.3. The molecule has 0 aliphatic heterocycles. The van der Waals surface area contributed by atoms with Crippen molar-refractivity contribution in [2.45, 2.75) is 0 Å². The van der Waals surface area contributed by atoms with Crippen LogP contribution in [-0.4, -0.2) is 14.8 Å². The molecule has 0 aromatic heterocycles. The zero-order valence-corrected chi connectivity index (χ0v) is 14.8. The van der Waals surface area contributed by atoms with E-state index < -0.39 is 37.5 Å². The van der Waals surface area contributed by atoms with E-state index in [1.165, 1.54) is 12.1 Å². The van der Waals surface area contributed by atoms with Crippen LogP contribution in [0, 0.1) is 30.3 Å². The molecule has 3 aromatic rings. The van der Waals surface area contributed by atoms with Gasteiger partial charge in [-0.3, -0.25) is 35.4 Å². The van der Waals surface area contributed by atoms with Crippen molar-refractivity contribution >= 4 is 28.4 Å². The van der Waals surface area contributed by atoms with E-state index in [0.29, 0.717) is 12.1 Å². The molecule has 3 aromatic carbocycles. The number of rotatable bonds is 5. The Morgan fingerprint density at radius 2 is 1.03 bits per heavy atom. The standard InChI is InChI=1S/C12H9N5O6.C6H6/c13-14(8-4-2-1-3-5-8)12-10(16(20)21)6-9(15(18)19)7-11(12)17(22)23;1-2-4-6-5-3-1/h1-7H,13H2;1-6H. The third kappa shape index (κ3) is 5.30.